The second kappa shape index (κ2) is 10.3. The van der Waals surface area contributed by atoms with Gasteiger partial charge >= 0.3 is 12.1 Å². The Bertz CT molecular complexity index is 1120. The monoisotopic (exact) mass is 493 g/mol. The van der Waals surface area contributed by atoms with Gasteiger partial charge in [-0.25, -0.2) is 4.39 Å². The molecular formula is C26H27F4NO4. The molecule has 2 aliphatic heterocycles. The molecule has 0 bridgehead atoms. The summed E-state index contributed by atoms with van der Waals surface area (Å²) in [5.41, 5.74) is 0.867. The number of carboxylic acids is 1. The molecule has 2 aliphatic rings. The molecule has 1 saturated heterocycles. The minimum atomic E-state index is -4.51. The number of rotatable bonds is 7. The van der Waals surface area contributed by atoms with E-state index in [0.717, 1.165) is 43.6 Å². The first-order valence-electron chi connectivity index (χ1n) is 11.5. The topological polar surface area (TPSA) is 59.0 Å². The molecule has 2 aromatic carbocycles. The van der Waals surface area contributed by atoms with Gasteiger partial charge in [-0.05, 0) is 56.5 Å². The standard InChI is InChI=1S/C26H27F4NO4/c1-16-2-3-19(22(8-16)26(28,29)30)15-34-20-11-23(27)21-9-18(14-35-24(21)12-20)13-31-6-4-17(5-7-31)10-25(32)33/h2-3,8-9,11-12,17H,4-7,10,13-15H2,1H3,(H,32,33). The van der Waals surface area contributed by atoms with Crippen molar-refractivity contribution in [1.82, 2.24) is 4.90 Å². The second-order valence-corrected chi connectivity index (χ2v) is 9.17. The van der Waals surface area contributed by atoms with E-state index >= 15 is 0 Å². The molecule has 0 aromatic heterocycles. The number of aliphatic carboxylic acids is 1. The molecule has 188 valence electrons. The molecule has 0 spiro atoms. The maximum Gasteiger partial charge on any atom is 0.416 e. The SMILES string of the molecule is Cc1ccc(COc2cc(F)c3c(c2)OCC(CN2CCC(CC(=O)O)CC2)=C3)c(C(F)(F)F)c1. The van der Waals surface area contributed by atoms with Gasteiger partial charge in [0, 0.05) is 30.7 Å². The maximum absolute atomic E-state index is 14.8. The van der Waals surface area contributed by atoms with E-state index in [1.807, 2.05) is 0 Å². The van der Waals surface area contributed by atoms with Crippen molar-refractivity contribution in [3.05, 3.63) is 64.0 Å². The van der Waals surface area contributed by atoms with Crippen molar-refractivity contribution in [3.63, 3.8) is 0 Å². The molecule has 1 fully saturated rings. The smallest absolute Gasteiger partial charge is 0.416 e. The third-order valence-electron chi connectivity index (χ3n) is 6.39. The summed E-state index contributed by atoms with van der Waals surface area (Å²) in [5.74, 6) is -0.794. The molecule has 0 amide bonds. The van der Waals surface area contributed by atoms with Crippen molar-refractivity contribution < 1.29 is 36.9 Å². The number of carbonyl (C=O) groups is 1. The Balaban J connectivity index is 1.41. The average molecular weight is 493 g/mol. The molecule has 1 N–H and O–H groups in total. The Hall–Kier alpha value is -3.07. The maximum atomic E-state index is 14.8. The van der Waals surface area contributed by atoms with Crippen LogP contribution in [0.4, 0.5) is 17.6 Å². The summed E-state index contributed by atoms with van der Waals surface area (Å²) in [6.45, 7) is 3.64. The molecule has 35 heavy (non-hydrogen) atoms. The number of halogens is 4. The lowest BCUT2D eigenvalue weighted by Gasteiger charge is -2.32. The van der Waals surface area contributed by atoms with E-state index in [9.17, 15) is 22.4 Å². The highest BCUT2D eigenvalue weighted by Gasteiger charge is 2.33. The van der Waals surface area contributed by atoms with Crippen LogP contribution in [0.1, 0.15) is 41.5 Å². The summed E-state index contributed by atoms with van der Waals surface area (Å²) >= 11 is 0. The van der Waals surface area contributed by atoms with Gasteiger partial charge in [0.1, 0.15) is 30.5 Å². The third-order valence-corrected chi connectivity index (χ3v) is 6.39. The number of hydrogen-bond donors (Lipinski definition) is 1. The van der Waals surface area contributed by atoms with Crippen LogP contribution in [0.2, 0.25) is 0 Å². The lowest BCUT2D eigenvalue weighted by Crippen LogP contribution is -2.36. The first kappa shape index (κ1) is 25.0. The van der Waals surface area contributed by atoms with E-state index in [2.05, 4.69) is 4.90 Å². The fraction of sp³-hybridized carbons (Fsp3) is 0.423. The van der Waals surface area contributed by atoms with E-state index in [1.54, 1.807) is 19.1 Å². The summed E-state index contributed by atoms with van der Waals surface area (Å²) in [7, 11) is 0. The minimum Gasteiger partial charge on any atom is -0.489 e. The number of hydrogen-bond acceptors (Lipinski definition) is 4. The molecule has 0 radical (unpaired) electrons. The second-order valence-electron chi connectivity index (χ2n) is 9.17. The van der Waals surface area contributed by atoms with Crippen LogP contribution in [0, 0.1) is 18.7 Å². The van der Waals surface area contributed by atoms with Crippen LogP contribution in [-0.4, -0.2) is 42.2 Å². The molecule has 9 heteroatoms. The van der Waals surface area contributed by atoms with E-state index in [1.165, 1.54) is 12.1 Å². The molecule has 0 aliphatic carbocycles. The highest BCUT2D eigenvalue weighted by Crippen LogP contribution is 2.36. The summed E-state index contributed by atoms with van der Waals surface area (Å²) in [5, 5.41) is 8.95. The number of ether oxygens (including phenoxy) is 2. The average Bonchev–Trinajstić information content (AvgIpc) is 2.79. The first-order valence-corrected chi connectivity index (χ1v) is 11.5. The third kappa shape index (κ3) is 6.33. The predicted octanol–water partition coefficient (Wildman–Crippen LogP) is 5.69. The van der Waals surface area contributed by atoms with Crippen LogP contribution in [0.25, 0.3) is 6.08 Å². The Morgan fingerprint density at radius 3 is 2.63 bits per heavy atom. The van der Waals surface area contributed by atoms with Gasteiger partial charge in [0.15, 0.2) is 0 Å². The Labute approximate surface area is 201 Å². The summed E-state index contributed by atoms with van der Waals surface area (Å²) in [6, 6.07) is 6.65. The molecule has 5 nitrogen and oxygen atoms in total. The quantitative estimate of drug-likeness (QED) is 0.502. The summed E-state index contributed by atoms with van der Waals surface area (Å²) in [6.07, 6.45) is -0.971. The zero-order valence-corrected chi connectivity index (χ0v) is 19.3. The first-order chi connectivity index (χ1) is 16.6. The van der Waals surface area contributed by atoms with Crippen LogP contribution < -0.4 is 9.47 Å². The molecular weight excluding hydrogens is 466 g/mol. The summed E-state index contributed by atoms with van der Waals surface area (Å²) < 4.78 is 66.2. The van der Waals surface area contributed by atoms with Crippen molar-refractivity contribution in [2.24, 2.45) is 5.92 Å². The fourth-order valence-electron chi connectivity index (χ4n) is 4.54. The van der Waals surface area contributed by atoms with E-state index in [0.29, 0.717) is 12.1 Å². The molecule has 0 atom stereocenters. The van der Waals surface area contributed by atoms with Gasteiger partial charge in [0.2, 0.25) is 0 Å². The van der Waals surface area contributed by atoms with E-state index in [-0.39, 0.29) is 48.2 Å². The van der Waals surface area contributed by atoms with Gasteiger partial charge < -0.3 is 14.6 Å². The van der Waals surface area contributed by atoms with E-state index < -0.39 is 23.5 Å². The van der Waals surface area contributed by atoms with Crippen molar-refractivity contribution >= 4 is 12.0 Å². The minimum absolute atomic E-state index is 0.0311. The fourth-order valence-corrected chi connectivity index (χ4v) is 4.54. The molecule has 0 saturated carbocycles. The molecule has 2 aromatic rings. The van der Waals surface area contributed by atoms with Gasteiger partial charge in [0.05, 0.1) is 11.1 Å². The molecule has 4 rings (SSSR count). The van der Waals surface area contributed by atoms with Gasteiger partial charge in [-0.15, -0.1) is 0 Å². The van der Waals surface area contributed by atoms with Crippen molar-refractivity contribution in [2.75, 3.05) is 26.2 Å². The van der Waals surface area contributed by atoms with Crippen LogP contribution in [0.3, 0.4) is 0 Å². The number of piperidine rings is 1. The zero-order chi connectivity index (χ0) is 25.2. The Kier molecular flexibility index (Phi) is 7.35. The summed E-state index contributed by atoms with van der Waals surface area (Å²) in [4.78, 5) is 13.1. The number of aryl methyl sites for hydroxylation is 1. The largest absolute Gasteiger partial charge is 0.489 e. The normalized spacial score (nSPS) is 16.9. The van der Waals surface area contributed by atoms with Crippen molar-refractivity contribution in [2.45, 2.75) is 39.0 Å². The van der Waals surface area contributed by atoms with Gasteiger partial charge in [0.25, 0.3) is 0 Å². The van der Waals surface area contributed by atoms with E-state index in [4.69, 9.17) is 14.6 Å². The number of likely N-dealkylation sites (tertiary alicyclic amines) is 1. The molecule has 0 unspecified atom stereocenters. The number of nitrogens with zero attached hydrogens (tertiary/aromatic N) is 1. The van der Waals surface area contributed by atoms with Crippen LogP contribution >= 0.6 is 0 Å². The molecule has 2 heterocycles. The Morgan fingerprint density at radius 2 is 1.94 bits per heavy atom. The number of alkyl halides is 3. The highest BCUT2D eigenvalue weighted by atomic mass is 19.4. The number of benzene rings is 2. The van der Waals surface area contributed by atoms with Gasteiger partial charge in [-0.1, -0.05) is 17.7 Å². The zero-order valence-electron chi connectivity index (χ0n) is 19.3. The van der Waals surface area contributed by atoms with Gasteiger partial charge in [-0.2, -0.15) is 13.2 Å². The van der Waals surface area contributed by atoms with Crippen LogP contribution in [-0.2, 0) is 17.6 Å². The van der Waals surface area contributed by atoms with Gasteiger partial charge in [-0.3, -0.25) is 9.69 Å². The highest BCUT2D eigenvalue weighted by molar-refractivity contribution is 5.67. The van der Waals surface area contributed by atoms with Crippen LogP contribution in [0.15, 0.2) is 35.9 Å². The predicted molar refractivity (Wildman–Crippen MR) is 122 cm³/mol. The van der Waals surface area contributed by atoms with Crippen molar-refractivity contribution in [3.8, 4) is 11.5 Å². The lowest BCUT2D eigenvalue weighted by atomic mass is 9.93. The lowest BCUT2D eigenvalue weighted by molar-refractivity contribution is -0.139. The number of carboxylic acid groups (broad SMARTS) is 1. The van der Waals surface area contributed by atoms with Crippen molar-refractivity contribution in [1.29, 1.82) is 0 Å². The Morgan fingerprint density at radius 1 is 1.20 bits per heavy atom. The number of fused-ring (bicyclic) bond motifs is 1. The van der Waals surface area contributed by atoms with Crippen LogP contribution in [0.5, 0.6) is 11.5 Å².